The molecule has 0 spiro atoms. The zero-order valence-electron chi connectivity index (χ0n) is 15.9. The molecule has 0 radical (unpaired) electrons. The number of ether oxygens (including phenoxy) is 1. The number of benzene rings is 2. The van der Waals surface area contributed by atoms with E-state index in [0.29, 0.717) is 10.5 Å². The topological polar surface area (TPSA) is 65.0 Å². The van der Waals surface area contributed by atoms with Gasteiger partial charge >= 0.3 is 5.97 Å². The van der Waals surface area contributed by atoms with Gasteiger partial charge in [-0.2, -0.15) is 0 Å². The van der Waals surface area contributed by atoms with Crippen LogP contribution in [0.5, 0.6) is 0 Å². The van der Waals surface area contributed by atoms with Gasteiger partial charge < -0.3 is 4.74 Å². The first-order valence-corrected chi connectivity index (χ1v) is 12.1. The van der Waals surface area contributed by atoms with Crippen LogP contribution in [0.2, 0.25) is 0 Å². The van der Waals surface area contributed by atoms with Crippen LogP contribution in [0, 0.1) is 0 Å². The van der Waals surface area contributed by atoms with Crippen molar-refractivity contribution in [3.63, 3.8) is 0 Å². The van der Waals surface area contributed by atoms with E-state index in [0.717, 1.165) is 5.56 Å². The van der Waals surface area contributed by atoms with Crippen LogP contribution >= 0.6 is 81.4 Å². The second-order valence-electron chi connectivity index (χ2n) is 6.23. The molecule has 12 heteroatoms. The van der Waals surface area contributed by atoms with Gasteiger partial charge in [0.2, 0.25) is 7.59 Å². The maximum atomic E-state index is 12.2. The van der Waals surface area contributed by atoms with Crippen molar-refractivity contribution in [2.24, 2.45) is 0 Å². The highest BCUT2D eigenvalue weighted by molar-refractivity contribution is 8.00. The predicted octanol–water partition coefficient (Wildman–Crippen LogP) is 7.03. The fourth-order valence-corrected chi connectivity index (χ4v) is 3.80. The Morgan fingerprint density at radius 3 is 1.97 bits per heavy atom. The quantitative estimate of drug-likeness (QED) is 0.180. The first kappa shape index (κ1) is 25.6. The van der Waals surface area contributed by atoms with Crippen LogP contribution in [0.25, 0.3) is 11.4 Å². The van der Waals surface area contributed by atoms with Crippen molar-refractivity contribution < 1.29 is 9.53 Å². The molecule has 1 heterocycles. The molecule has 0 amide bonds. The van der Waals surface area contributed by atoms with Gasteiger partial charge in [-0.15, -0.1) is 11.8 Å². The Hall–Kier alpha value is -0.990. The maximum Gasteiger partial charge on any atom is 0.316 e. The normalized spacial score (nSPS) is 11.9. The van der Waals surface area contributed by atoms with Crippen LogP contribution < -0.4 is 0 Å². The summed E-state index contributed by atoms with van der Waals surface area (Å²) in [5.41, 5.74) is 1.44. The first-order valence-electron chi connectivity index (χ1n) is 8.86. The number of hydrogen-bond donors (Lipinski definition) is 0. The molecule has 1 aromatic heterocycles. The van der Waals surface area contributed by atoms with Crippen molar-refractivity contribution in [2.75, 3.05) is 5.75 Å². The number of carbonyl (C=O) groups is 1. The molecule has 0 atom stereocenters. The number of nitrogens with zero attached hydrogens (tertiary/aromatic N) is 3. The van der Waals surface area contributed by atoms with Crippen LogP contribution in [0.3, 0.4) is 0 Å². The summed E-state index contributed by atoms with van der Waals surface area (Å²) in [5.74, 6) is -0.590. The highest BCUT2D eigenvalue weighted by Gasteiger charge is 2.34. The third kappa shape index (κ3) is 7.26. The van der Waals surface area contributed by atoms with Gasteiger partial charge in [0.05, 0.1) is 5.75 Å². The average Bonchev–Trinajstić information content (AvgIpc) is 2.75. The molecule has 0 bridgehead atoms. The van der Waals surface area contributed by atoms with Gasteiger partial charge in [-0.1, -0.05) is 118 Å². The molecular formula is C20H13Cl6N3O2S. The zero-order chi connectivity index (χ0) is 23.4. The lowest BCUT2D eigenvalue weighted by molar-refractivity contribution is -0.141. The molecule has 0 fully saturated rings. The Kier molecular flexibility index (Phi) is 8.78. The minimum atomic E-state index is -1.97. The van der Waals surface area contributed by atoms with Gasteiger partial charge in [0.1, 0.15) is 6.61 Å². The molecule has 0 saturated carbocycles. The van der Waals surface area contributed by atoms with E-state index in [1.54, 1.807) is 24.3 Å². The van der Waals surface area contributed by atoms with Crippen molar-refractivity contribution in [2.45, 2.75) is 19.1 Å². The number of aromatic nitrogens is 3. The lowest BCUT2D eigenvalue weighted by atomic mass is 10.2. The molecule has 0 aliphatic rings. The molecule has 0 aliphatic carbocycles. The van der Waals surface area contributed by atoms with Crippen LogP contribution in [0.1, 0.15) is 17.2 Å². The summed E-state index contributed by atoms with van der Waals surface area (Å²) in [6.07, 6.45) is 0. The summed E-state index contributed by atoms with van der Waals surface area (Å²) >= 11 is 36.9. The lowest BCUT2D eigenvalue weighted by Crippen LogP contribution is -2.17. The summed E-state index contributed by atoms with van der Waals surface area (Å²) in [7, 11) is 0. The molecule has 0 aliphatic heterocycles. The first-order chi connectivity index (χ1) is 15.0. The zero-order valence-corrected chi connectivity index (χ0v) is 21.3. The molecule has 3 aromatic rings. The molecule has 0 unspecified atom stereocenters. The van der Waals surface area contributed by atoms with E-state index >= 15 is 0 Å². The van der Waals surface area contributed by atoms with Crippen LogP contribution in [0.15, 0.2) is 59.5 Å². The van der Waals surface area contributed by atoms with Gasteiger partial charge in [-0.25, -0.2) is 15.0 Å². The summed E-state index contributed by atoms with van der Waals surface area (Å²) in [5, 5.41) is 0. The van der Waals surface area contributed by atoms with Gasteiger partial charge in [-0.3, -0.25) is 4.79 Å². The number of halogens is 6. The van der Waals surface area contributed by atoms with Crippen molar-refractivity contribution in [1.82, 2.24) is 15.0 Å². The minimum Gasteiger partial charge on any atom is -0.460 e. The average molecular weight is 572 g/mol. The summed E-state index contributed by atoms with van der Waals surface area (Å²) in [6.45, 7) is 0.189. The Labute approximate surface area is 218 Å². The Morgan fingerprint density at radius 1 is 0.812 bits per heavy atom. The SMILES string of the molecule is O=C(CSc1ccccc1-c1nc(C(Cl)(Cl)Cl)nc(C(Cl)(Cl)Cl)n1)OCc1ccccc1. The van der Waals surface area contributed by atoms with Gasteiger partial charge in [0.25, 0.3) is 0 Å². The highest BCUT2D eigenvalue weighted by Crippen LogP contribution is 2.41. The second kappa shape index (κ2) is 11.0. The van der Waals surface area contributed by atoms with E-state index in [1.807, 2.05) is 30.3 Å². The number of rotatable bonds is 6. The molecule has 5 nitrogen and oxygen atoms in total. The van der Waals surface area contributed by atoms with Gasteiger partial charge in [0.15, 0.2) is 17.5 Å². The molecule has 3 rings (SSSR count). The van der Waals surface area contributed by atoms with Crippen molar-refractivity contribution in [3.05, 3.63) is 71.8 Å². The smallest absolute Gasteiger partial charge is 0.316 e. The standard InChI is InChI=1S/C20H13Cl6N3O2S/c21-19(22,23)17-27-16(28-18(29-17)20(24,25)26)13-8-4-5-9-14(13)32-11-15(30)31-10-12-6-2-1-3-7-12/h1-9H,10-11H2. The molecule has 2 aromatic carbocycles. The number of alkyl halides is 6. The van der Waals surface area contributed by atoms with E-state index in [1.165, 1.54) is 11.8 Å². The number of carbonyl (C=O) groups excluding carboxylic acids is 1. The fourth-order valence-electron chi connectivity index (χ4n) is 2.44. The van der Waals surface area contributed by atoms with Gasteiger partial charge in [0, 0.05) is 10.5 Å². The van der Waals surface area contributed by atoms with E-state index in [2.05, 4.69) is 15.0 Å². The number of thioether (sulfide) groups is 1. The maximum absolute atomic E-state index is 12.2. The Balaban J connectivity index is 1.82. The summed E-state index contributed by atoms with van der Waals surface area (Å²) < 4.78 is 1.38. The summed E-state index contributed by atoms with van der Waals surface area (Å²) in [4.78, 5) is 25.3. The number of hydrogen-bond acceptors (Lipinski definition) is 6. The highest BCUT2D eigenvalue weighted by atomic mass is 35.6. The molecular weight excluding hydrogens is 559 g/mol. The summed E-state index contributed by atoms with van der Waals surface area (Å²) in [6, 6.07) is 16.5. The second-order valence-corrected chi connectivity index (χ2v) is 11.8. The van der Waals surface area contributed by atoms with Crippen LogP contribution in [0.4, 0.5) is 0 Å². The largest absolute Gasteiger partial charge is 0.460 e. The Bertz CT molecular complexity index is 1060. The molecule has 0 saturated heterocycles. The molecule has 168 valence electrons. The number of esters is 1. The van der Waals surface area contributed by atoms with Crippen molar-refractivity contribution in [3.8, 4) is 11.4 Å². The molecule has 0 N–H and O–H groups in total. The van der Waals surface area contributed by atoms with Crippen molar-refractivity contribution in [1.29, 1.82) is 0 Å². The Morgan fingerprint density at radius 2 is 1.38 bits per heavy atom. The lowest BCUT2D eigenvalue weighted by Gasteiger charge is -2.16. The third-order valence-corrected chi connectivity index (χ3v) is 5.92. The van der Waals surface area contributed by atoms with Crippen LogP contribution in [-0.4, -0.2) is 26.7 Å². The molecule has 32 heavy (non-hydrogen) atoms. The van der Waals surface area contributed by atoms with Crippen LogP contribution in [-0.2, 0) is 23.7 Å². The van der Waals surface area contributed by atoms with E-state index in [4.69, 9.17) is 74.3 Å². The monoisotopic (exact) mass is 569 g/mol. The minimum absolute atomic E-state index is 0.0591. The fraction of sp³-hybridized carbons (Fsp3) is 0.200. The van der Waals surface area contributed by atoms with Crippen molar-refractivity contribution >= 4 is 87.3 Å². The van der Waals surface area contributed by atoms with E-state index in [9.17, 15) is 4.79 Å². The third-order valence-electron chi connectivity index (χ3n) is 3.86. The van der Waals surface area contributed by atoms with E-state index in [-0.39, 0.29) is 35.8 Å². The van der Waals surface area contributed by atoms with E-state index < -0.39 is 7.59 Å². The predicted molar refractivity (Wildman–Crippen MR) is 131 cm³/mol. The van der Waals surface area contributed by atoms with Gasteiger partial charge in [-0.05, 0) is 11.6 Å².